The molecule has 0 aromatic carbocycles. The third-order valence-electron chi connectivity index (χ3n) is 5.22. The van der Waals surface area contributed by atoms with Crippen molar-refractivity contribution in [3.8, 4) is 10.6 Å². The first-order valence-electron chi connectivity index (χ1n) is 10.4. The van der Waals surface area contributed by atoms with Crippen molar-refractivity contribution >= 4 is 28.9 Å². The number of amides is 1. The van der Waals surface area contributed by atoms with Gasteiger partial charge in [-0.05, 0) is 37.8 Å². The number of carbonyl (C=O) groups is 2. The van der Waals surface area contributed by atoms with Crippen LogP contribution < -0.4 is 11.1 Å². The lowest BCUT2D eigenvalue weighted by Gasteiger charge is -2.22. The number of nitrogens with two attached hydrogens (primary N) is 1. The van der Waals surface area contributed by atoms with Crippen LogP contribution in [0.2, 0.25) is 0 Å². The van der Waals surface area contributed by atoms with Crippen LogP contribution in [-0.2, 0) is 11.2 Å². The first-order chi connectivity index (χ1) is 15.5. The second-order valence-electron chi connectivity index (χ2n) is 7.49. The van der Waals surface area contributed by atoms with Gasteiger partial charge >= 0.3 is 5.97 Å². The Morgan fingerprint density at radius 2 is 2.16 bits per heavy atom. The highest BCUT2D eigenvalue weighted by molar-refractivity contribution is 7.13. The fourth-order valence-electron chi connectivity index (χ4n) is 3.53. The van der Waals surface area contributed by atoms with Crippen molar-refractivity contribution in [2.75, 3.05) is 25.5 Å². The second kappa shape index (κ2) is 9.88. The molecule has 1 amide bonds. The van der Waals surface area contributed by atoms with E-state index in [0.29, 0.717) is 43.3 Å². The number of aromatic carboxylic acids is 1. The lowest BCUT2D eigenvalue weighted by Crippen LogP contribution is -2.26. The van der Waals surface area contributed by atoms with Crippen molar-refractivity contribution in [3.63, 3.8) is 0 Å². The molecule has 32 heavy (non-hydrogen) atoms. The minimum absolute atomic E-state index is 0.0320. The van der Waals surface area contributed by atoms with E-state index < -0.39 is 5.97 Å². The number of pyridine rings is 1. The van der Waals surface area contributed by atoms with Gasteiger partial charge in [0.2, 0.25) is 0 Å². The predicted molar refractivity (Wildman–Crippen MR) is 119 cm³/mol. The van der Waals surface area contributed by atoms with E-state index in [1.807, 2.05) is 6.07 Å². The van der Waals surface area contributed by atoms with E-state index in [0.717, 1.165) is 24.1 Å². The number of hydrogen-bond donors (Lipinski definition) is 3. The molecule has 3 aromatic rings. The number of carbonyl (C=O) groups excluding carboxylic acids is 1. The zero-order valence-electron chi connectivity index (χ0n) is 17.4. The molecule has 4 rings (SSSR count). The maximum absolute atomic E-state index is 12.5. The Balaban J connectivity index is 1.29. The summed E-state index contributed by atoms with van der Waals surface area (Å²) in [6.07, 6.45) is 6.43. The monoisotopic (exact) mass is 456 g/mol. The van der Waals surface area contributed by atoms with Crippen molar-refractivity contribution < 1.29 is 19.4 Å². The number of anilines is 1. The summed E-state index contributed by atoms with van der Waals surface area (Å²) in [5.41, 5.74) is 8.32. The number of ether oxygens (including phenoxy) is 1. The average molecular weight is 457 g/mol. The van der Waals surface area contributed by atoms with Gasteiger partial charge in [0.1, 0.15) is 5.01 Å². The summed E-state index contributed by atoms with van der Waals surface area (Å²) >= 11 is 1.28. The predicted octanol–water partition coefficient (Wildman–Crippen LogP) is 2.40. The number of hydrogen-bond acceptors (Lipinski definition) is 8. The fraction of sp³-hybridized carbons (Fsp3) is 0.381. The van der Waals surface area contributed by atoms with Crippen LogP contribution in [0.5, 0.6) is 0 Å². The maximum Gasteiger partial charge on any atom is 0.355 e. The Kier molecular flexibility index (Phi) is 6.76. The largest absolute Gasteiger partial charge is 0.476 e. The normalized spacial score (nSPS) is 14.4. The quantitative estimate of drug-likeness (QED) is 0.438. The molecule has 3 aromatic heterocycles. The van der Waals surface area contributed by atoms with Gasteiger partial charge in [-0.3, -0.25) is 14.5 Å². The van der Waals surface area contributed by atoms with Crippen LogP contribution in [0, 0.1) is 0 Å². The van der Waals surface area contributed by atoms with Crippen LogP contribution in [0.1, 0.15) is 52.0 Å². The van der Waals surface area contributed by atoms with E-state index in [1.165, 1.54) is 16.7 Å². The minimum Gasteiger partial charge on any atom is -0.476 e. The number of carboxylic acid groups (broad SMARTS) is 1. The molecule has 0 saturated carbocycles. The van der Waals surface area contributed by atoms with E-state index in [-0.39, 0.29) is 23.3 Å². The summed E-state index contributed by atoms with van der Waals surface area (Å²) < 4.78 is 7.14. The Morgan fingerprint density at radius 3 is 2.91 bits per heavy atom. The Hall–Kier alpha value is -3.31. The molecular weight excluding hydrogens is 432 g/mol. The summed E-state index contributed by atoms with van der Waals surface area (Å²) in [6.45, 7) is 1.82. The third-order valence-corrected chi connectivity index (χ3v) is 6.11. The summed E-state index contributed by atoms with van der Waals surface area (Å²) in [4.78, 5) is 32.0. The first kappa shape index (κ1) is 21.9. The summed E-state index contributed by atoms with van der Waals surface area (Å²) in [5.74, 6) is -1.34. The van der Waals surface area contributed by atoms with Gasteiger partial charge in [-0.15, -0.1) is 11.3 Å². The summed E-state index contributed by atoms with van der Waals surface area (Å²) in [6, 6.07) is 3.89. The number of aryl methyl sites for hydroxylation is 1. The van der Waals surface area contributed by atoms with Crippen molar-refractivity contribution in [1.29, 1.82) is 0 Å². The van der Waals surface area contributed by atoms with Crippen LogP contribution >= 0.6 is 11.3 Å². The number of thiazole rings is 1. The highest BCUT2D eigenvalue weighted by Gasteiger charge is 2.21. The molecule has 0 radical (unpaired) electrons. The maximum atomic E-state index is 12.5. The van der Waals surface area contributed by atoms with E-state index in [1.54, 1.807) is 23.1 Å². The molecule has 4 heterocycles. The number of carboxylic acids is 1. The lowest BCUT2D eigenvalue weighted by atomic mass is 10.1. The molecule has 0 spiro atoms. The van der Waals surface area contributed by atoms with Crippen molar-refractivity contribution in [3.05, 3.63) is 47.0 Å². The number of nitrogens with zero attached hydrogens (tertiary/aromatic N) is 4. The van der Waals surface area contributed by atoms with Gasteiger partial charge < -0.3 is 20.9 Å². The molecule has 4 N–H and O–H groups in total. The van der Waals surface area contributed by atoms with Crippen molar-refractivity contribution in [2.45, 2.75) is 31.7 Å². The fourth-order valence-corrected chi connectivity index (χ4v) is 4.32. The Morgan fingerprint density at radius 1 is 1.34 bits per heavy atom. The van der Waals surface area contributed by atoms with E-state index >= 15 is 0 Å². The van der Waals surface area contributed by atoms with Gasteiger partial charge in [-0.2, -0.15) is 5.10 Å². The summed E-state index contributed by atoms with van der Waals surface area (Å²) in [7, 11) is 0. The van der Waals surface area contributed by atoms with Crippen LogP contribution in [-0.4, -0.2) is 56.5 Å². The van der Waals surface area contributed by atoms with Gasteiger partial charge in [0.05, 0.1) is 11.7 Å². The van der Waals surface area contributed by atoms with E-state index in [4.69, 9.17) is 15.6 Å². The molecule has 1 aliphatic rings. The van der Waals surface area contributed by atoms with E-state index in [2.05, 4.69) is 20.4 Å². The third kappa shape index (κ3) is 5.11. The minimum atomic E-state index is -1.05. The molecule has 0 bridgehead atoms. The smallest absolute Gasteiger partial charge is 0.355 e. The van der Waals surface area contributed by atoms with Gasteiger partial charge in [-0.25, -0.2) is 9.78 Å². The topological polar surface area (TPSA) is 145 Å². The molecule has 11 heteroatoms. The summed E-state index contributed by atoms with van der Waals surface area (Å²) in [5, 5.41) is 18.4. The van der Waals surface area contributed by atoms with Crippen LogP contribution in [0.3, 0.4) is 0 Å². The first-order valence-corrected chi connectivity index (χ1v) is 11.2. The number of rotatable bonds is 8. The highest BCUT2D eigenvalue weighted by atomic mass is 32.1. The number of aromatic nitrogens is 4. The van der Waals surface area contributed by atoms with Crippen LogP contribution in [0.4, 0.5) is 5.69 Å². The molecule has 0 aliphatic carbocycles. The Labute approximate surface area is 188 Å². The highest BCUT2D eigenvalue weighted by Crippen LogP contribution is 2.24. The zero-order chi connectivity index (χ0) is 22.5. The lowest BCUT2D eigenvalue weighted by molar-refractivity contribution is 0.0660. The molecule has 168 valence electrons. The molecule has 10 nitrogen and oxygen atoms in total. The molecule has 1 fully saturated rings. The van der Waals surface area contributed by atoms with Gasteiger partial charge in [0.25, 0.3) is 5.91 Å². The van der Waals surface area contributed by atoms with Crippen LogP contribution in [0.15, 0.2) is 29.9 Å². The SMILES string of the molecule is Nc1cn(C2CCOCC2)nc1C(=O)NCCCc1cc(-c2nc(C(=O)O)cs2)ccn1. The van der Waals surface area contributed by atoms with Gasteiger partial charge in [0, 0.05) is 48.8 Å². The van der Waals surface area contributed by atoms with Crippen molar-refractivity contribution in [2.24, 2.45) is 0 Å². The number of nitrogen functional groups attached to an aromatic ring is 1. The van der Waals surface area contributed by atoms with Crippen molar-refractivity contribution in [1.82, 2.24) is 25.1 Å². The van der Waals surface area contributed by atoms with Crippen LogP contribution in [0.25, 0.3) is 10.6 Å². The second-order valence-corrected chi connectivity index (χ2v) is 8.35. The molecular formula is C21H24N6O4S. The van der Waals surface area contributed by atoms with Gasteiger partial charge in [-0.1, -0.05) is 0 Å². The standard InChI is InChI=1S/C21H24N6O4S/c22-16-11-27(15-4-8-31-9-5-15)26-18(16)19(28)24-6-1-2-14-10-13(3-7-23-14)20-25-17(12-32-20)21(29)30/h3,7,10-12,15H,1-2,4-6,8-9,22H2,(H,24,28)(H,29,30). The average Bonchev–Trinajstić information content (AvgIpc) is 3.45. The molecule has 0 unspecified atom stereocenters. The molecule has 1 aliphatic heterocycles. The van der Waals surface area contributed by atoms with E-state index in [9.17, 15) is 9.59 Å². The van der Waals surface area contributed by atoms with Gasteiger partial charge in [0.15, 0.2) is 11.4 Å². The number of nitrogens with one attached hydrogen (secondary N) is 1. The molecule has 0 atom stereocenters. The molecule has 1 saturated heterocycles. The Bertz CT molecular complexity index is 1110. The zero-order valence-corrected chi connectivity index (χ0v) is 18.2.